The van der Waals surface area contributed by atoms with Crippen molar-refractivity contribution < 1.29 is 13.6 Å². The maximum Gasteiger partial charge on any atom is 0.196 e. The summed E-state index contributed by atoms with van der Waals surface area (Å²) in [7, 11) is 0. The van der Waals surface area contributed by atoms with Gasteiger partial charge in [0, 0.05) is 11.9 Å². The average Bonchev–Trinajstić information content (AvgIpc) is 3.40. The van der Waals surface area contributed by atoms with Crippen LogP contribution in [0.25, 0.3) is 22.1 Å². The minimum atomic E-state index is 0.459. The van der Waals surface area contributed by atoms with Crippen LogP contribution >= 0.6 is 0 Å². The predicted octanol–water partition coefficient (Wildman–Crippen LogP) is 5.30. The summed E-state index contributed by atoms with van der Waals surface area (Å²) in [6, 6.07) is 19.9. The van der Waals surface area contributed by atoms with E-state index in [0.29, 0.717) is 31.2 Å². The quantitative estimate of drug-likeness (QED) is 0.410. The van der Waals surface area contributed by atoms with Gasteiger partial charge in [-0.15, -0.1) is 0 Å². The summed E-state index contributed by atoms with van der Waals surface area (Å²) in [5.41, 5.74) is 4.53. The largest absolute Gasteiger partial charge is 0.467 e. The maximum absolute atomic E-state index is 5.97. The van der Waals surface area contributed by atoms with Gasteiger partial charge in [0.25, 0.3) is 0 Å². The van der Waals surface area contributed by atoms with Gasteiger partial charge in [-0.25, -0.2) is 9.97 Å². The first-order valence-electron chi connectivity index (χ1n) is 9.41. The van der Waals surface area contributed by atoms with Crippen molar-refractivity contribution in [1.29, 1.82) is 0 Å². The van der Waals surface area contributed by atoms with Crippen LogP contribution in [-0.2, 0) is 24.5 Å². The highest BCUT2D eigenvalue weighted by Gasteiger charge is 2.12. The molecule has 0 aliphatic carbocycles. The van der Waals surface area contributed by atoms with E-state index in [0.717, 1.165) is 33.4 Å². The van der Waals surface area contributed by atoms with Gasteiger partial charge in [-0.05, 0) is 35.4 Å². The van der Waals surface area contributed by atoms with Crippen molar-refractivity contribution in [3.8, 4) is 0 Å². The van der Waals surface area contributed by atoms with Crippen molar-refractivity contribution in [2.75, 3.05) is 5.32 Å². The molecule has 3 heterocycles. The Balaban J connectivity index is 1.29. The number of furan rings is 2. The standard InChI is InChI=1S/C23H19N3O3/c1-2-9-20-19(8-1)21-22(29-20)23(26-15-25-21)24-12-16-5-3-6-17(11-16)13-27-14-18-7-4-10-28-18/h1-11,15H,12-14H2,(H,24,25,26). The highest BCUT2D eigenvalue weighted by Crippen LogP contribution is 2.30. The zero-order chi connectivity index (χ0) is 19.5. The first kappa shape index (κ1) is 17.5. The van der Waals surface area contributed by atoms with Crippen LogP contribution < -0.4 is 5.32 Å². The van der Waals surface area contributed by atoms with Crippen molar-refractivity contribution in [2.24, 2.45) is 0 Å². The number of para-hydroxylation sites is 1. The molecule has 0 radical (unpaired) electrons. The summed E-state index contributed by atoms with van der Waals surface area (Å²) in [5, 5.41) is 4.36. The van der Waals surface area contributed by atoms with E-state index >= 15 is 0 Å². The molecular formula is C23H19N3O3. The Bertz CT molecular complexity index is 1240. The Morgan fingerprint density at radius 1 is 0.897 bits per heavy atom. The molecular weight excluding hydrogens is 366 g/mol. The van der Waals surface area contributed by atoms with Crippen LogP contribution in [0.1, 0.15) is 16.9 Å². The second-order valence-electron chi connectivity index (χ2n) is 6.74. The second-order valence-corrected chi connectivity index (χ2v) is 6.74. The minimum absolute atomic E-state index is 0.459. The SMILES string of the molecule is c1cc(CNc2ncnc3c2oc2ccccc23)cc(COCc2ccco2)c1. The van der Waals surface area contributed by atoms with Crippen LogP contribution in [0, 0.1) is 0 Å². The molecule has 0 fully saturated rings. The van der Waals surface area contributed by atoms with Gasteiger partial charge < -0.3 is 18.9 Å². The van der Waals surface area contributed by atoms with Gasteiger partial charge in [-0.1, -0.05) is 36.4 Å². The van der Waals surface area contributed by atoms with E-state index in [9.17, 15) is 0 Å². The molecule has 3 aromatic heterocycles. The molecule has 5 rings (SSSR count). The fourth-order valence-electron chi connectivity index (χ4n) is 3.33. The topological polar surface area (TPSA) is 73.3 Å². The second kappa shape index (κ2) is 7.77. The molecule has 144 valence electrons. The monoisotopic (exact) mass is 385 g/mol. The summed E-state index contributed by atoms with van der Waals surface area (Å²) in [6.45, 7) is 1.60. The Labute approximate surface area is 167 Å². The van der Waals surface area contributed by atoms with E-state index in [-0.39, 0.29) is 0 Å². The van der Waals surface area contributed by atoms with Crippen molar-refractivity contribution in [2.45, 2.75) is 19.8 Å². The zero-order valence-electron chi connectivity index (χ0n) is 15.7. The summed E-state index contributed by atoms with van der Waals surface area (Å²) in [5.74, 6) is 1.51. The van der Waals surface area contributed by atoms with Gasteiger partial charge in [-0.3, -0.25) is 0 Å². The third kappa shape index (κ3) is 3.70. The molecule has 0 atom stereocenters. The highest BCUT2D eigenvalue weighted by atomic mass is 16.5. The first-order valence-corrected chi connectivity index (χ1v) is 9.41. The minimum Gasteiger partial charge on any atom is -0.467 e. The summed E-state index contributed by atoms with van der Waals surface area (Å²) < 4.78 is 17.0. The van der Waals surface area contributed by atoms with Gasteiger partial charge in [0.1, 0.15) is 29.8 Å². The number of anilines is 1. The summed E-state index contributed by atoms with van der Waals surface area (Å²) >= 11 is 0. The van der Waals surface area contributed by atoms with E-state index in [4.69, 9.17) is 13.6 Å². The van der Waals surface area contributed by atoms with Crippen LogP contribution in [0.5, 0.6) is 0 Å². The maximum atomic E-state index is 5.97. The fraction of sp³-hybridized carbons (Fsp3) is 0.130. The van der Waals surface area contributed by atoms with Crippen molar-refractivity contribution in [3.05, 3.63) is 90.1 Å². The molecule has 0 spiro atoms. The lowest BCUT2D eigenvalue weighted by Gasteiger charge is -2.08. The van der Waals surface area contributed by atoms with Gasteiger partial charge >= 0.3 is 0 Å². The Morgan fingerprint density at radius 3 is 2.76 bits per heavy atom. The van der Waals surface area contributed by atoms with Gasteiger partial charge in [0.2, 0.25) is 0 Å². The van der Waals surface area contributed by atoms with Crippen LogP contribution in [0.4, 0.5) is 5.82 Å². The number of aromatic nitrogens is 2. The molecule has 0 saturated carbocycles. The van der Waals surface area contributed by atoms with E-state index in [1.54, 1.807) is 12.6 Å². The van der Waals surface area contributed by atoms with E-state index in [2.05, 4.69) is 27.4 Å². The zero-order valence-corrected chi connectivity index (χ0v) is 15.7. The smallest absolute Gasteiger partial charge is 0.196 e. The molecule has 0 unspecified atom stereocenters. The Hall–Kier alpha value is -3.64. The number of nitrogens with zero attached hydrogens (tertiary/aromatic N) is 2. The number of nitrogens with one attached hydrogen (secondary N) is 1. The molecule has 6 heteroatoms. The average molecular weight is 385 g/mol. The Morgan fingerprint density at radius 2 is 1.83 bits per heavy atom. The van der Waals surface area contributed by atoms with Crippen LogP contribution in [-0.4, -0.2) is 9.97 Å². The molecule has 0 aliphatic heterocycles. The van der Waals surface area contributed by atoms with Crippen molar-refractivity contribution in [1.82, 2.24) is 9.97 Å². The Kier molecular flexibility index (Phi) is 4.68. The summed E-state index contributed by atoms with van der Waals surface area (Å²) in [6.07, 6.45) is 3.21. The molecule has 0 saturated heterocycles. The van der Waals surface area contributed by atoms with Crippen LogP contribution in [0.3, 0.4) is 0 Å². The molecule has 0 bridgehead atoms. The number of hydrogen-bond donors (Lipinski definition) is 1. The molecule has 0 amide bonds. The summed E-state index contributed by atoms with van der Waals surface area (Å²) in [4.78, 5) is 8.75. The highest BCUT2D eigenvalue weighted by molar-refractivity contribution is 6.05. The molecule has 2 aromatic carbocycles. The lowest BCUT2D eigenvalue weighted by Crippen LogP contribution is -2.03. The number of hydrogen-bond acceptors (Lipinski definition) is 6. The number of benzene rings is 2. The third-order valence-electron chi connectivity index (χ3n) is 4.70. The van der Waals surface area contributed by atoms with E-state index < -0.39 is 0 Å². The number of ether oxygens (including phenoxy) is 1. The molecule has 1 N–H and O–H groups in total. The lowest BCUT2D eigenvalue weighted by molar-refractivity contribution is 0.0929. The molecule has 29 heavy (non-hydrogen) atoms. The number of fused-ring (bicyclic) bond motifs is 3. The normalized spacial score (nSPS) is 11.3. The van der Waals surface area contributed by atoms with E-state index in [1.165, 1.54) is 0 Å². The van der Waals surface area contributed by atoms with Crippen LogP contribution in [0.2, 0.25) is 0 Å². The molecule has 0 aliphatic rings. The number of rotatable bonds is 7. The fourth-order valence-corrected chi connectivity index (χ4v) is 3.33. The molecule has 5 aromatic rings. The first-order chi connectivity index (χ1) is 14.4. The van der Waals surface area contributed by atoms with Gasteiger partial charge in [-0.2, -0.15) is 0 Å². The molecule has 6 nitrogen and oxygen atoms in total. The van der Waals surface area contributed by atoms with Crippen LogP contribution in [0.15, 0.2) is 82.1 Å². The van der Waals surface area contributed by atoms with Gasteiger partial charge in [0.15, 0.2) is 11.4 Å². The lowest BCUT2D eigenvalue weighted by atomic mass is 10.1. The van der Waals surface area contributed by atoms with Crippen molar-refractivity contribution in [3.63, 3.8) is 0 Å². The van der Waals surface area contributed by atoms with E-state index in [1.807, 2.05) is 48.5 Å². The van der Waals surface area contributed by atoms with Crippen molar-refractivity contribution >= 4 is 27.9 Å². The third-order valence-corrected chi connectivity index (χ3v) is 4.70. The predicted molar refractivity (Wildman–Crippen MR) is 110 cm³/mol. The van der Waals surface area contributed by atoms with Gasteiger partial charge in [0.05, 0.1) is 12.9 Å².